The Bertz CT molecular complexity index is 1150. The van der Waals surface area contributed by atoms with Crippen molar-refractivity contribution in [2.24, 2.45) is 0 Å². The Hall–Kier alpha value is -1.27. The molecule has 0 aromatic carbocycles. The van der Waals surface area contributed by atoms with Crippen LogP contribution in [0.15, 0.2) is 12.2 Å². The summed E-state index contributed by atoms with van der Waals surface area (Å²) in [6, 6.07) is -0.905. The number of amides is 1. The molecule has 2 fully saturated rings. The molecule has 2 aliphatic heterocycles. The van der Waals surface area contributed by atoms with Crippen molar-refractivity contribution in [3.63, 3.8) is 0 Å². The number of rotatable bonds is 41. The van der Waals surface area contributed by atoms with E-state index in [2.05, 4.69) is 19.2 Å². The molecule has 2 saturated heterocycles. The molecule has 1 amide bonds. The molecule has 12 atom stereocenters. The smallest absolute Gasteiger partial charge is 0.220 e. The summed E-state index contributed by atoms with van der Waals surface area (Å²) in [4.78, 5) is 13.0. The van der Waals surface area contributed by atoms with Crippen molar-refractivity contribution in [1.29, 1.82) is 0 Å². The fraction of sp³-hybridized carbons (Fsp3) is 0.941. The minimum Gasteiger partial charge on any atom is -0.394 e. The highest BCUT2D eigenvalue weighted by atomic mass is 16.7. The van der Waals surface area contributed by atoms with Crippen LogP contribution in [0.4, 0.5) is 0 Å². The predicted octanol–water partition coefficient (Wildman–Crippen LogP) is 7.16. The SMILES string of the molecule is CCCC/C=C/C(O)C(COC1OC(CO)C(OC2OC(CO)C(O)C(O)C2O)C(O)C1O)NC(=O)CCCCCCCCCCCCCCCCCCCCCCCCCCCCC. The summed E-state index contributed by atoms with van der Waals surface area (Å²) in [7, 11) is 0. The lowest BCUT2D eigenvalue weighted by atomic mass is 9.97. The highest BCUT2D eigenvalue weighted by molar-refractivity contribution is 5.76. The number of unbranched alkanes of at least 4 members (excludes halogenated alkanes) is 28. The van der Waals surface area contributed by atoms with E-state index >= 15 is 0 Å². The van der Waals surface area contributed by atoms with Gasteiger partial charge in [-0.15, -0.1) is 0 Å². The maximum atomic E-state index is 13.0. The summed E-state index contributed by atoms with van der Waals surface area (Å²) in [5.74, 6) is -0.245. The molecule has 14 nitrogen and oxygen atoms in total. The Labute approximate surface area is 393 Å². The summed E-state index contributed by atoms with van der Waals surface area (Å²) in [6.45, 7) is 2.64. The van der Waals surface area contributed by atoms with Crippen LogP contribution in [0.1, 0.15) is 213 Å². The van der Waals surface area contributed by atoms with E-state index in [1.807, 2.05) is 6.08 Å². The normalized spacial score (nSPS) is 27.0. The van der Waals surface area contributed by atoms with Gasteiger partial charge in [-0.3, -0.25) is 4.79 Å². The minimum absolute atomic E-state index is 0.245. The molecule has 2 heterocycles. The molecule has 0 bridgehead atoms. The monoisotopic (exact) mass is 932 g/mol. The number of carbonyl (C=O) groups excluding carboxylic acids is 1. The van der Waals surface area contributed by atoms with E-state index in [0.717, 1.165) is 38.5 Å². The first-order valence-electron chi connectivity index (χ1n) is 26.4. The van der Waals surface area contributed by atoms with Crippen LogP contribution < -0.4 is 5.32 Å². The first-order valence-corrected chi connectivity index (χ1v) is 26.4. The number of allylic oxidation sites excluding steroid dienone is 1. The molecule has 0 aliphatic carbocycles. The average Bonchev–Trinajstić information content (AvgIpc) is 3.30. The third kappa shape index (κ3) is 25.8. The van der Waals surface area contributed by atoms with Crippen LogP contribution in [0, 0.1) is 0 Å². The van der Waals surface area contributed by atoms with Crippen molar-refractivity contribution in [3.8, 4) is 0 Å². The number of aliphatic hydroxyl groups excluding tert-OH is 8. The summed E-state index contributed by atoms with van der Waals surface area (Å²) in [6.07, 6.45) is 25.1. The molecule has 0 saturated carbocycles. The third-order valence-corrected chi connectivity index (χ3v) is 13.2. The molecular formula is C51H97NO13. The fourth-order valence-corrected chi connectivity index (χ4v) is 8.87. The van der Waals surface area contributed by atoms with E-state index < -0.39 is 86.8 Å². The Balaban J connectivity index is 1.58. The van der Waals surface area contributed by atoms with Crippen molar-refractivity contribution in [3.05, 3.63) is 12.2 Å². The number of hydrogen-bond donors (Lipinski definition) is 9. The number of hydrogen-bond acceptors (Lipinski definition) is 13. The summed E-state index contributed by atoms with van der Waals surface area (Å²) >= 11 is 0. The van der Waals surface area contributed by atoms with Gasteiger partial charge in [-0.05, 0) is 12.8 Å². The Morgan fingerprint density at radius 1 is 0.538 bits per heavy atom. The molecule has 384 valence electrons. The molecule has 9 N–H and O–H groups in total. The quantitative estimate of drug-likeness (QED) is 0.0219. The van der Waals surface area contributed by atoms with Crippen LogP contribution in [0.2, 0.25) is 0 Å². The van der Waals surface area contributed by atoms with E-state index in [4.69, 9.17) is 18.9 Å². The second-order valence-corrected chi connectivity index (χ2v) is 19.0. The van der Waals surface area contributed by atoms with Gasteiger partial charge in [-0.1, -0.05) is 206 Å². The molecule has 2 aliphatic rings. The van der Waals surface area contributed by atoms with Crippen molar-refractivity contribution in [1.82, 2.24) is 5.32 Å². The lowest BCUT2D eigenvalue weighted by Crippen LogP contribution is -2.65. The fourth-order valence-electron chi connectivity index (χ4n) is 8.87. The lowest BCUT2D eigenvalue weighted by Gasteiger charge is -2.46. The van der Waals surface area contributed by atoms with Crippen LogP contribution in [0.3, 0.4) is 0 Å². The van der Waals surface area contributed by atoms with Gasteiger partial charge in [-0.2, -0.15) is 0 Å². The van der Waals surface area contributed by atoms with Crippen molar-refractivity contribution >= 4 is 5.91 Å². The minimum atomic E-state index is -1.78. The number of nitrogens with one attached hydrogen (secondary N) is 1. The van der Waals surface area contributed by atoms with Gasteiger partial charge in [0.15, 0.2) is 12.6 Å². The van der Waals surface area contributed by atoms with Crippen molar-refractivity contribution in [2.75, 3.05) is 19.8 Å². The van der Waals surface area contributed by atoms with Crippen LogP contribution in [0.25, 0.3) is 0 Å². The molecule has 65 heavy (non-hydrogen) atoms. The largest absolute Gasteiger partial charge is 0.394 e. The van der Waals surface area contributed by atoms with Crippen LogP contribution >= 0.6 is 0 Å². The van der Waals surface area contributed by atoms with Gasteiger partial charge in [-0.25, -0.2) is 0 Å². The summed E-state index contributed by atoms with van der Waals surface area (Å²) in [5.41, 5.74) is 0. The molecule has 14 heteroatoms. The van der Waals surface area contributed by atoms with Gasteiger partial charge in [0.05, 0.1) is 32.0 Å². The van der Waals surface area contributed by atoms with E-state index in [-0.39, 0.29) is 18.9 Å². The van der Waals surface area contributed by atoms with E-state index in [0.29, 0.717) is 6.42 Å². The molecule has 12 unspecified atom stereocenters. The standard InChI is InChI=1S/C51H97NO13/c1-3-5-7-9-10-11-12-13-14-15-16-17-18-19-20-21-22-23-24-25-26-27-28-29-30-31-33-35-43(56)52-39(40(55)34-32-8-6-4-2)38-62-50-48(61)46(59)49(42(37-54)64-50)65-51-47(60)45(58)44(57)41(36-53)63-51/h32,34,39-42,44-51,53-55,57-61H,3-31,33,35-38H2,1-2H3,(H,52,56)/b34-32+. The third-order valence-electron chi connectivity index (χ3n) is 13.2. The second-order valence-electron chi connectivity index (χ2n) is 19.0. The van der Waals surface area contributed by atoms with Crippen LogP contribution in [-0.2, 0) is 23.7 Å². The van der Waals surface area contributed by atoms with Crippen molar-refractivity contribution < 1.29 is 64.6 Å². The topological polar surface area (TPSA) is 228 Å². The molecule has 0 spiro atoms. The number of carbonyl (C=O) groups is 1. The van der Waals surface area contributed by atoms with E-state index in [1.165, 1.54) is 148 Å². The van der Waals surface area contributed by atoms with Gasteiger partial charge in [0.25, 0.3) is 0 Å². The van der Waals surface area contributed by atoms with Gasteiger partial charge >= 0.3 is 0 Å². The zero-order valence-corrected chi connectivity index (χ0v) is 40.7. The Kier molecular flexibility index (Phi) is 35.5. The number of ether oxygens (including phenoxy) is 4. The second kappa shape index (κ2) is 38.6. The van der Waals surface area contributed by atoms with E-state index in [9.17, 15) is 45.6 Å². The van der Waals surface area contributed by atoms with Crippen LogP contribution in [0.5, 0.6) is 0 Å². The first-order chi connectivity index (χ1) is 31.6. The summed E-state index contributed by atoms with van der Waals surface area (Å²) < 4.78 is 22.5. The highest BCUT2D eigenvalue weighted by Crippen LogP contribution is 2.30. The molecule has 0 aromatic heterocycles. The van der Waals surface area contributed by atoms with Gasteiger partial charge < -0.3 is 65.1 Å². The maximum Gasteiger partial charge on any atom is 0.220 e. The lowest BCUT2D eigenvalue weighted by molar-refractivity contribution is -0.359. The first kappa shape index (κ1) is 59.9. The molecule has 0 radical (unpaired) electrons. The Morgan fingerprint density at radius 2 is 0.954 bits per heavy atom. The van der Waals surface area contributed by atoms with Crippen molar-refractivity contribution in [2.45, 2.75) is 286 Å². The van der Waals surface area contributed by atoms with Crippen LogP contribution in [-0.4, -0.2) is 140 Å². The number of aliphatic hydroxyl groups is 8. The van der Waals surface area contributed by atoms with Gasteiger partial charge in [0.1, 0.15) is 48.8 Å². The van der Waals surface area contributed by atoms with Gasteiger partial charge in [0.2, 0.25) is 5.91 Å². The Morgan fingerprint density at radius 3 is 1.40 bits per heavy atom. The highest BCUT2D eigenvalue weighted by Gasteiger charge is 2.51. The molecular weight excluding hydrogens is 835 g/mol. The molecule has 2 rings (SSSR count). The summed E-state index contributed by atoms with van der Waals surface area (Å²) in [5, 5.41) is 86.0. The average molecular weight is 932 g/mol. The molecule has 0 aromatic rings. The van der Waals surface area contributed by atoms with E-state index in [1.54, 1.807) is 6.08 Å². The predicted molar refractivity (Wildman–Crippen MR) is 254 cm³/mol. The van der Waals surface area contributed by atoms with Gasteiger partial charge in [0, 0.05) is 6.42 Å². The zero-order chi connectivity index (χ0) is 47.5. The zero-order valence-electron chi connectivity index (χ0n) is 40.7. The maximum absolute atomic E-state index is 13.0.